The summed E-state index contributed by atoms with van der Waals surface area (Å²) in [4.78, 5) is 7.11. The molecule has 1 aromatic heterocycles. The van der Waals surface area contributed by atoms with Crippen LogP contribution in [0.5, 0.6) is 0 Å². The topological polar surface area (TPSA) is 119 Å². The molecular formula is C32H38Cl2N8. The second kappa shape index (κ2) is 11.1. The van der Waals surface area contributed by atoms with Crippen LogP contribution in [0.25, 0.3) is 10.9 Å². The molecule has 10 heteroatoms. The first-order chi connectivity index (χ1) is 20.0. The molecule has 3 aromatic rings. The van der Waals surface area contributed by atoms with Crippen molar-refractivity contribution in [3.63, 3.8) is 0 Å². The van der Waals surface area contributed by atoms with E-state index in [1.165, 1.54) is 12.8 Å². The molecule has 3 atom stereocenters. The van der Waals surface area contributed by atoms with E-state index < -0.39 is 6.04 Å². The number of anilines is 2. The molecule has 3 fully saturated rings. The number of nitriles is 1. The predicted molar refractivity (Wildman–Crippen MR) is 171 cm³/mol. The molecular weight excluding hydrogens is 567 g/mol. The summed E-state index contributed by atoms with van der Waals surface area (Å²) in [6.45, 7) is 9.34. The standard InChI is InChI=1S/C32H38Cl2N8/c1-32(2,3)17-39-28-19(12-35)13-38-30-23(28)10-21(11-26(30)34)40-29(18-4-6-20(33)7-5-18)27(36)16-42(37)31-24-14-41(15-25(24)31)22-8-9-22/h4-7,10-11,13,16,22,24-25,29,31,40H,8-9,14-15,17,36-37H2,1-3H3,(H,38,39)/b27-16-. The van der Waals surface area contributed by atoms with Gasteiger partial charge in [0.2, 0.25) is 0 Å². The van der Waals surface area contributed by atoms with E-state index in [2.05, 4.69) is 47.4 Å². The molecule has 2 aliphatic carbocycles. The van der Waals surface area contributed by atoms with Gasteiger partial charge in [-0.25, -0.2) is 5.84 Å². The molecule has 1 aliphatic heterocycles. The summed E-state index contributed by atoms with van der Waals surface area (Å²) >= 11 is 13.0. The number of nitrogens with zero attached hydrogens (tertiary/aromatic N) is 4. The maximum absolute atomic E-state index is 9.84. The Morgan fingerprint density at radius 1 is 1.19 bits per heavy atom. The van der Waals surface area contributed by atoms with E-state index in [0.29, 0.717) is 56.9 Å². The van der Waals surface area contributed by atoms with Crippen LogP contribution in [-0.4, -0.2) is 46.6 Å². The molecule has 0 spiro atoms. The molecule has 8 nitrogen and oxygen atoms in total. The van der Waals surface area contributed by atoms with Crippen LogP contribution in [0, 0.1) is 28.6 Å². The molecule has 2 aromatic carbocycles. The van der Waals surface area contributed by atoms with Gasteiger partial charge in [0.05, 0.1) is 39.6 Å². The van der Waals surface area contributed by atoms with Crippen LogP contribution >= 0.6 is 23.2 Å². The fraction of sp³-hybridized carbons (Fsp3) is 0.438. The van der Waals surface area contributed by atoms with Crippen LogP contribution in [0.15, 0.2) is 54.5 Å². The van der Waals surface area contributed by atoms with Gasteiger partial charge in [-0.2, -0.15) is 5.26 Å². The zero-order valence-corrected chi connectivity index (χ0v) is 25.8. The Kier molecular flexibility index (Phi) is 7.65. The van der Waals surface area contributed by atoms with Crippen molar-refractivity contribution in [3.05, 3.63) is 75.7 Å². The number of hydrogen-bond acceptors (Lipinski definition) is 8. The van der Waals surface area contributed by atoms with Crippen molar-refractivity contribution in [2.45, 2.75) is 51.7 Å². The van der Waals surface area contributed by atoms with Crippen LogP contribution in [-0.2, 0) is 0 Å². The molecule has 0 bridgehead atoms. The molecule has 220 valence electrons. The van der Waals surface area contributed by atoms with Crippen molar-refractivity contribution in [2.75, 3.05) is 30.3 Å². The lowest BCUT2D eigenvalue weighted by atomic mass is 9.96. The van der Waals surface area contributed by atoms with E-state index in [-0.39, 0.29) is 5.41 Å². The molecule has 1 saturated heterocycles. The van der Waals surface area contributed by atoms with Gasteiger partial charge in [0, 0.05) is 54.2 Å². The van der Waals surface area contributed by atoms with Crippen molar-refractivity contribution in [2.24, 2.45) is 28.8 Å². The van der Waals surface area contributed by atoms with Gasteiger partial charge in [-0.1, -0.05) is 56.1 Å². The van der Waals surface area contributed by atoms with E-state index in [0.717, 1.165) is 35.8 Å². The lowest BCUT2D eigenvalue weighted by molar-refractivity contribution is 0.238. The molecule has 3 aliphatic rings. The smallest absolute Gasteiger partial charge is 0.103 e. The molecule has 6 N–H and O–H groups in total. The fourth-order valence-electron chi connectivity index (χ4n) is 6.19. The normalized spacial score (nSPS) is 22.9. The molecule has 2 heterocycles. The third kappa shape index (κ3) is 5.97. The zero-order valence-electron chi connectivity index (χ0n) is 24.2. The zero-order chi connectivity index (χ0) is 29.8. The number of halogens is 2. The van der Waals surface area contributed by atoms with Crippen LogP contribution in [0.2, 0.25) is 10.0 Å². The first-order valence-electron chi connectivity index (χ1n) is 14.5. The summed E-state index contributed by atoms with van der Waals surface area (Å²) in [5.74, 6) is 7.80. The van der Waals surface area contributed by atoms with Crippen molar-refractivity contribution < 1.29 is 0 Å². The number of rotatable bonds is 9. The number of hydrazine groups is 1. The monoisotopic (exact) mass is 604 g/mol. The van der Waals surface area contributed by atoms with Gasteiger partial charge in [0.1, 0.15) is 6.07 Å². The minimum atomic E-state index is -0.401. The van der Waals surface area contributed by atoms with Crippen molar-refractivity contribution >= 4 is 45.5 Å². The molecule has 3 unspecified atom stereocenters. The Bertz CT molecular complexity index is 1540. The van der Waals surface area contributed by atoms with E-state index in [1.807, 2.05) is 47.6 Å². The van der Waals surface area contributed by atoms with Crippen LogP contribution in [0.3, 0.4) is 0 Å². The fourth-order valence-corrected chi connectivity index (χ4v) is 6.59. The van der Waals surface area contributed by atoms with Gasteiger partial charge >= 0.3 is 0 Å². The number of pyridine rings is 1. The Balaban J connectivity index is 1.30. The van der Waals surface area contributed by atoms with Crippen LogP contribution < -0.4 is 22.2 Å². The summed E-state index contributed by atoms with van der Waals surface area (Å²) in [7, 11) is 0. The Morgan fingerprint density at radius 3 is 2.50 bits per heavy atom. The summed E-state index contributed by atoms with van der Waals surface area (Å²) < 4.78 is 0. The lowest BCUT2D eigenvalue weighted by Gasteiger charge is -2.26. The molecule has 6 rings (SSSR count). The van der Waals surface area contributed by atoms with Crippen molar-refractivity contribution in [3.8, 4) is 6.07 Å². The summed E-state index contributed by atoms with van der Waals surface area (Å²) in [5.41, 5.74) is 10.8. The Labute approximate surface area is 257 Å². The van der Waals surface area contributed by atoms with Gasteiger partial charge < -0.3 is 21.4 Å². The van der Waals surface area contributed by atoms with Crippen molar-refractivity contribution in [1.82, 2.24) is 14.9 Å². The summed E-state index contributed by atoms with van der Waals surface area (Å²) in [5, 5.41) is 20.6. The number of piperidine rings is 1. The van der Waals surface area contributed by atoms with Gasteiger partial charge in [-0.3, -0.25) is 9.88 Å². The third-order valence-corrected chi connectivity index (χ3v) is 9.11. The van der Waals surface area contributed by atoms with E-state index >= 15 is 0 Å². The highest BCUT2D eigenvalue weighted by molar-refractivity contribution is 6.36. The minimum absolute atomic E-state index is 0.00519. The number of nitrogens with one attached hydrogen (secondary N) is 2. The van der Waals surface area contributed by atoms with Crippen molar-refractivity contribution in [1.29, 1.82) is 5.26 Å². The highest BCUT2D eigenvalue weighted by Crippen LogP contribution is 2.51. The molecule has 2 saturated carbocycles. The molecule has 42 heavy (non-hydrogen) atoms. The average Bonchev–Trinajstić information content (AvgIpc) is 3.86. The summed E-state index contributed by atoms with van der Waals surface area (Å²) in [6.07, 6.45) is 6.10. The largest absolute Gasteiger partial charge is 0.399 e. The third-order valence-electron chi connectivity index (χ3n) is 8.57. The second-order valence-electron chi connectivity index (χ2n) is 13.1. The minimum Gasteiger partial charge on any atom is -0.399 e. The first-order valence-corrected chi connectivity index (χ1v) is 15.3. The maximum atomic E-state index is 9.84. The maximum Gasteiger partial charge on any atom is 0.103 e. The van der Waals surface area contributed by atoms with Gasteiger partial charge in [-0.15, -0.1) is 0 Å². The molecule has 0 amide bonds. The highest BCUT2D eigenvalue weighted by atomic mass is 35.5. The SMILES string of the molecule is CC(C)(C)CNc1c(C#N)cnc2c(Cl)cc(NC(/C(N)=C/N(N)C3C4CN(C5CC5)CC43)c3ccc(Cl)cc3)cc12. The van der Waals surface area contributed by atoms with Gasteiger partial charge in [-0.05, 0) is 59.9 Å². The van der Waals surface area contributed by atoms with E-state index in [4.69, 9.17) is 34.8 Å². The average molecular weight is 606 g/mol. The van der Waals surface area contributed by atoms with Gasteiger partial charge in [0.15, 0.2) is 0 Å². The number of nitrogens with two attached hydrogens (primary N) is 2. The number of fused-ring (bicyclic) bond motifs is 2. The number of hydrogen-bond donors (Lipinski definition) is 4. The number of likely N-dealkylation sites (tertiary alicyclic amines) is 1. The molecule has 0 radical (unpaired) electrons. The quantitative estimate of drug-likeness (QED) is 0.171. The number of benzene rings is 2. The van der Waals surface area contributed by atoms with Crippen LogP contribution in [0.4, 0.5) is 11.4 Å². The predicted octanol–water partition coefficient (Wildman–Crippen LogP) is 6.09. The lowest BCUT2D eigenvalue weighted by Crippen LogP contribution is -2.37. The summed E-state index contributed by atoms with van der Waals surface area (Å²) in [6, 6.07) is 14.4. The Morgan fingerprint density at radius 2 is 1.88 bits per heavy atom. The van der Waals surface area contributed by atoms with E-state index in [9.17, 15) is 5.26 Å². The first kappa shape index (κ1) is 28.9. The second-order valence-corrected chi connectivity index (χ2v) is 14.0. The Hall–Kier alpha value is -3.22. The van der Waals surface area contributed by atoms with Crippen LogP contribution in [0.1, 0.15) is 50.8 Å². The van der Waals surface area contributed by atoms with E-state index in [1.54, 1.807) is 6.20 Å². The highest BCUT2D eigenvalue weighted by Gasteiger charge is 2.59. The number of aromatic nitrogens is 1. The van der Waals surface area contributed by atoms with Gasteiger partial charge in [0.25, 0.3) is 0 Å².